The first-order valence-corrected chi connectivity index (χ1v) is 5.46. The summed E-state index contributed by atoms with van der Waals surface area (Å²) < 4.78 is 0. The second kappa shape index (κ2) is 3.81. The highest BCUT2D eigenvalue weighted by molar-refractivity contribution is 6.09. The van der Waals surface area contributed by atoms with Crippen LogP contribution >= 0.6 is 0 Å². The van der Waals surface area contributed by atoms with E-state index in [2.05, 4.69) is 4.98 Å². The van der Waals surface area contributed by atoms with Gasteiger partial charge < -0.3 is 0 Å². The second-order valence-electron chi connectivity index (χ2n) is 5.14. The van der Waals surface area contributed by atoms with E-state index in [0.717, 1.165) is 0 Å². The van der Waals surface area contributed by atoms with Gasteiger partial charge >= 0.3 is 0 Å². The molecule has 1 heterocycles. The first kappa shape index (κ1) is 11.0. The van der Waals surface area contributed by atoms with Crippen LogP contribution in [0.2, 0.25) is 0 Å². The van der Waals surface area contributed by atoms with Gasteiger partial charge in [0.2, 0.25) is 0 Å². The van der Waals surface area contributed by atoms with Crippen LogP contribution in [0.5, 0.6) is 0 Å². The van der Waals surface area contributed by atoms with Crippen LogP contribution in [-0.2, 0) is 9.59 Å². The molecule has 84 valence electrons. The molecule has 3 heteroatoms. The highest BCUT2D eigenvalue weighted by Gasteiger charge is 2.40. The molecule has 0 radical (unpaired) electrons. The Balaban J connectivity index is 2.31. The quantitative estimate of drug-likeness (QED) is 0.677. The molecular formula is C13H15NO2. The van der Waals surface area contributed by atoms with E-state index in [9.17, 15) is 9.59 Å². The molecule has 1 aliphatic carbocycles. The third-order valence-corrected chi connectivity index (χ3v) is 2.93. The number of nitrogens with zero attached hydrogens (tertiary/aromatic N) is 1. The zero-order valence-electron chi connectivity index (χ0n) is 9.56. The molecule has 0 unspecified atom stereocenters. The van der Waals surface area contributed by atoms with Gasteiger partial charge in [0.25, 0.3) is 0 Å². The molecule has 0 aromatic carbocycles. The maximum absolute atomic E-state index is 12.0. The minimum atomic E-state index is -0.630. The monoisotopic (exact) mass is 217 g/mol. The Morgan fingerprint density at radius 1 is 1.19 bits per heavy atom. The third-order valence-electron chi connectivity index (χ3n) is 2.93. The van der Waals surface area contributed by atoms with Gasteiger partial charge in [0.15, 0.2) is 0 Å². The van der Waals surface area contributed by atoms with Crippen LogP contribution in [0.1, 0.15) is 38.3 Å². The molecule has 0 spiro atoms. The van der Waals surface area contributed by atoms with E-state index < -0.39 is 5.92 Å². The van der Waals surface area contributed by atoms with Gasteiger partial charge in [-0.05, 0) is 17.5 Å². The number of ketones is 2. The Bertz CT molecular complexity index is 403. The lowest BCUT2D eigenvalue weighted by Crippen LogP contribution is -2.36. The lowest BCUT2D eigenvalue weighted by atomic mass is 9.70. The molecule has 0 amide bonds. The van der Waals surface area contributed by atoms with Crippen molar-refractivity contribution in [1.29, 1.82) is 0 Å². The average Bonchev–Trinajstić information content (AvgIpc) is 2.16. The molecular weight excluding hydrogens is 202 g/mol. The molecule has 16 heavy (non-hydrogen) atoms. The van der Waals surface area contributed by atoms with Crippen molar-refractivity contribution in [2.75, 3.05) is 0 Å². The van der Waals surface area contributed by atoms with Crippen molar-refractivity contribution in [2.45, 2.75) is 32.6 Å². The second-order valence-corrected chi connectivity index (χ2v) is 5.14. The molecule has 2 rings (SSSR count). The first-order valence-electron chi connectivity index (χ1n) is 5.46. The zero-order chi connectivity index (χ0) is 11.8. The summed E-state index contributed by atoms with van der Waals surface area (Å²) in [4.78, 5) is 28.0. The number of hydrogen-bond acceptors (Lipinski definition) is 3. The highest BCUT2D eigenvalue weighted by Crippen LogP contribution is 2.37. The summed E-state index contributed by atoms with van der Waals surface area (Å²) >= 11 is 0. The van der Waals surface area contributed by atoms with Gasteiger partial charge in [-0.25, -0.2) is 0 Å². The Kier molecular flexibility index (Phi) is 2.62. The molecule has 1 aliphatic rings. The molecule has 3 nitrogen and oxygen atoms in total. The summed E-state index contributed by atoms with van der Waals surface area (Å²) in [6.07, 6.45) is 2.54. The predicted octanol–water partition coefficient (Wildman–Crippen LogP) is 2.12. The van der Waals surface area contributed by atoms with Crippen molar-refractivity contribution in [3.05, 3.63) is 30.1 Å². The molecule has 1 saturated carbocycles. The van der Waals surface area contributed by atoms with Crippen molar-refractivity contribution in [3.8, 4) is 0 Å². The van der Waals surface area contributed by atoms with Gasteiger partial charge in [-0.3, -0.25) is 14.6 Å². The average molecular weight is 217 g/mol. The van der Waals surface area contributed by atoms with Crippen molar-refractivity contribution in [1.82, 2.24) is 4.98 Å². The van der Waals surface area contributed by atoms with Gasteiger partial charge in [-0.2, -0.15) is 0 Å². The number of pyridine rings is 1. The molecule has 0 atom stereocenters. The molecule has 1 aromatic heterocycles. The van der Waals surface area contributed by atoms with E-state index in [1.54, 1.807) is 18.3 Å². The molecule has 0 aliphatic heterocycles. The summed E-state index contributed by atoms with van der Waals surface area (Å²) in [5, 5.41) is 0. The van der Waals surface area contributed by atoms with Gasteiger partial charge in [0, 0.05) is 19.0 Å². The molecule has 1 aromatic rings. The van der Waals surface area contributed by atoms with Crippen LogP contribution in [0.25, 0.3) is 0 Å². The topological polar surface area (TPSA) is 47.0 Å². The molecule has 0 saturated heterocycles. The van der Waals surface area contributed by atoms with Crippen molar-refractivity contribution < 1.29 is 9.59 Å². The lowest BCUT2D eigenvalue weighted by Gasteiger charge is -2.31. The number of aromatic nitrogens is 1. The number of hydrogen-bond donors (Lipinski definition) is 0. The van der Waals surface area contributed by atoms with Gasteiger partial charge in [0.05, 0.1) is 5.69 Å². The Morgan fingerprint density at radius 2 is 1.81 bits per heavy atom. The largest absolute Gasteiger partial charge is 0.298 e. The fraction of sp³-hybridized carbons (Fsp3) is 0.462. The zero-order valence-corrected chi connectivity index (χ0v) is 9.56. The van der Waals surface area contributed by atoms with Gasteiger partial charge in [-0.15, -0.1) is 0 Å². The van der Waals surface area contributed by atoms with Crippen LogP contribution in [0.15, 0.2) is 24.4 Å². The van der Waals surface area contributed by atoms with Crippen LogP contribution < -0.4 is 0 Å². The number of Topliss-reactive ketones (excluding diaryl/α,β-unsaturated/α-hetero) is 2. The van der Waals surface area contributed by atoms with Gasteiger partial charge in [0.1, 0.15) is 17.5 Å². The fourth-order valence-corrected chi connectivity index (χ4v) is 2.27. The van der Waals surface area contributed by atoms with Crippen LogP contribution in [0, 0.1) is 5.41 Å². The summed E-state index contributed by atoms with van der Waals surface area (Å²) in [5.74, 6) is -0.630. The smallest absolute Gasteiger partial charge is 0.149 e. The maximum Gasteiger partial charge on any atom is 0.149 e. The van der Waals surface area contributed by atoms with E-state index in [1.807, 2.05) is 19.9 Å². The predicted molar refractivity (Wildman–Crippen MR) is 60.0 cm³/mol. The Labute approximate surface area is 94.9 Å². The van der Waals surface area contributed by atoms with E-state index >= 15 is 0 Å². The molecule has 0 N–H and O–H groups in total. The highest BCUT2D eigenvalue weighted by atomic mass is 16.2. The maximum atomic E-state index is 12.0. The van der Waals surface area contributed by atoms with Crippen molar-refractivity contribution in [3.63, 3.8) is 0 Å². The van der Waals surface area contributed by atoms with E-state index in [-0.39, 0.29) is 17.0 Å². The molecule has 1 fully saturated rings. The summed E-state index contributed by atoms with van der Waals surface area (Å²) in [7, 11) is 0. The minimum absolute atomic E-state index is 0.0000463. The van der Waals surface area contributed by atoms with E-state index in [0.29, 0.717) is 18.5 Å². The minimum Gasteiger partial charge on any atom is -0.298 e. The SMILES string of the molecule is CC1(C)CC(=O)C(c2ccccn2)C(=O)C1. The standard InChI is InChI=1S/C13H15NO2/c1-13(2)7-10(15)12(11(16)8-13)9-5-3-4-6-14-9/h3-6,12H,7-8H2,1-2H3. The molecule has 0 bridgehead atoms. The number of carbonyl (C=O) groups excluding carboxylic acids is 2. The Morgan fingerprint density at radius 3 is 2.31 bits per heavy atom. The summed E-state index contributed by atoms with van der Waals surface area (Å²) in [5.41, 5.74) is 0.396. The van der Waals surface area contributed by atoms with Crippen LogP contribution in [0.4, 0.5) is 0 Å². The van der Waals surface area contributed by atoms with E-state index in [4.69, 9.17) is 0 Å². The van der Waals surface area contributed by atoms with E-state index in [1.165, 1.54) is 0 Å². The van der Waals surface area contributed by atoms with Crippen LogP contribution in [-0.4, -0.2) is 16.6 Å². The number of carbonyl (C=O) groups is 2. The lowest BCUT2D eigenvalue weighted by molar-refractivity contribution is -0.135. The normalized spacial score (nSPS) is 21.1. The Hall–Kier alpha value is -1.51. The number of rotatable bonds is 1. The first-order chi connectivity index (χ1) is 7.49. The third kappa shape index (κ3) is 2.03. The van der Waals surface area contributed by atoms with Crippen molar-refractivity contribution >= 4 is 11.6 Å². The fourth-order valence-electron chi connectivity index (χ4n) is 2.27. The van der Waals surface area contributed by atoms with Crippen LogP contribution in [0.3, 0.4) is 0 Å². The van der Waals surface area contributed by atoms with Gasteiger partial charge in [-0.1, -0.05) is 19.9 Å². The van der Waals surface area contributed by atoms with Crippen molar-refractivity contribution in [2.24, 2.45) is 5.41 Å². The summed E-state index contributed by atoms with van der Waals surface area (Å²) in [6, 6.07) is 5.34. The summed E-state index contributed by atoms with van der Waals surface area (Å²) in [6.45, 7) is 3.91.